The number of rotatable bonds is 14. The number of hydrazine groups is 1. The summed E-state index contributed by atoms with van der Waals surface area (Å²) in [5.41, 5.74) is 15.6. The molecule has 232 valence electrons. The SMILES string of the molecule is C[C@@H]1OC(c2ccc(OCCCO)cc2)=N[C@]1(Cc1ccccc1CN=[N+]=[N-])C(=O)NNCc1ccc(OC(F)(F)F)cc1. The Morgan fingerprint density at radius 3 is 2.43 bits per heavy atom. The van der Waals surface area contributed by atoms with E-state index in [0.29, 0.717) is 29.9 Å². The summed E-state index contributed by atoms with van der Waals surface area (Å²) in [4.78, 5) is 21.5. The number of hydrogen-bond acceptors (Lipinski definition) is 8. The fourth-order valence-corrected chi connectivity index (χ4v) is 4.57. The highest BCUT2D eigenvalue weighted by molar-refractivity contribution is 6.00. The maximum Gasteiger partial charge on any atom is 0.573 e. The Morgan fingerprint density at radius 1 is 1.09 bits per heavy atom. The van der Waals surface area contributed by atoms with E-state index in [9.17, 15) is 18.0 Å². The van der Waals surface area contributed by atoms with Crippen molar-refractivity contribution in [2.45, 2.75) is 50.9 Å². The molecule has 44 heavy (non-hydrogen) atoms. The lowest BCUT2D eigenvalue weighted by Gasteiger charge is -2.29. The van der Waals surface area contributed by atoms with Gasteiger partial charge in [-0.15, -0.1) is 13.2 Å². The minimum absolute atomic E-state index is 0.0226. The summed E-state index contributed by atoms with van der Waals surface area (Å²) in [5.74, 6) is 0.00104. The fraction of sp³-hybridized carbons (Fsp3) is 0.333. The van der Waals surface area contributed by atoms with E-state index in [1.807, 2.05) is 12.1 Å². The topological polar surface area (TPSA) is 150 Å². The largest absolute Gasteiger partial charge is 0.573 e. The van der Waals surface area contributed by atoms with Gasteiger partial charge in [-0.3, -0.25) is 10.2 Å². The number of aliphatic hydroxyl groups is 1. The van der Waals surface area contributed by atoms with Gasteiger partial charge >= 0.3 is 6.36 Å². The maximum absolute atomic E-state index is 13.9. The number of carbonyl (C=O) groups is 1. The standard InChI is InChI=1S/C30H31F3N6O5/c1-20-29(17-23-5-2-3-6-24(23)19-36-39-34,37-27(43-20)22-9-13-25(14-10-22)42-16-4-15-40)28(41)38-35-18-21-7-11-26(12-8-21)44-30(31,32)33/h2-3,5-14,20,35,40H,4,15-19H2,1H3,(H,38,41)/t20-,29-/m0/s1. The van der Waals surface area contributed by atoms with Crippen molar-refractivity contribution in [2.24, 2.45) is 10.1 Å². The molecule has 1 aliphatic rings. The van der Waals surface area contributed by atoms with Crippen LogP contribution in [0.3, 0.4) is 0 Å². The van der Waals surface area contributed by atoms with Crippen molar-refractivity contribution in [1.29, 1.82) is 0 Å². The summed E-state index contributed by atoms with van der Waals surface area (Å²) in [6.45, 7) is 2.30. The van der Waals surface area contributed by atoms with Crippen molar-refractivity contribution in [3.8, 4) is 11.5 Å². The normalized spacial score (nSPS) is 17.7. The number of azide groups is 1. The molecule has 0 unspecified atom stereocenters. The highest BCUT2D eigenvalue weighted by Crippen LogP contribution is 2.34. The summed E-state index contributed by atoms with van der Waals surface area (Å²) >= 11 is 0. The van der Waals surface area contributed by atoms with E-state index < -0.39 is 23.9 Å². The second kappa shape index (κ2) is 14.6. The molecule has 0 aliphatic carbocycles. The molecular formula is C30H31F3N6O5. The van der Waals surface area contributed by atoms with Crippen LogP contribution in [-0.2, 0) is 29.0 Å². The maximum atomic E-state index is 13.9. The van der Waals surface area contributed by atoms with Gasteiger partial charge in [0.1, 0.15) is 17.6 Å². The predicted molar refractivity (Wildman–Crippen MR) is 155 cm³/mol. The molecule has 0 fully saturated rings. The van der Waals surface area contributed by atoms with Gasteiger partial charge in [0.25, 0.3) is 5.91 Å². The molecule has 4 rings (SSSR count). The van der Waals surface area contributed by atoms with Gasteiger partial charge in [-0.1, -0.05) is 41.5 Å². The highest BCUT2D eigenvalue weighted by atomic mass is 19.4. The number of carbonyl (C=O) groups excluding carboxylic acids is 1. The molecule has 1 aliphatic heterocycles. The van der Waals surface area contributed by atoms with Crippen LogP contribution in [0.1, 0.15) is 35.6 Å². The van der Waals surface area contributed by atoms with Gasteiger partial charge in [0.15, 0.2) is 5.54 Å². The number of halogens is 3. The van der Waals surface area contributed by atoms with Crippen LogP contribution >= 0.6 is 0 Å². The number of benzene rings is 3. The lowest BCUT2D eigenvalue weighted by atomic mass is 9.84. The Labute approximate surface area is 251 Å². The molecule has 3 aromatic rings. The second-order valence-corrected chi connectivity index (χ2v) is 9.89. The van der Waals surface area contributed by atoms with Crippen LogP contribution in [0.25, 0.3) is 10.4 Å². The summed E-state index contributed by atoms with van der Waals surface area (Å²) < 4.78 is 53.0. The number of alkyl halides is 3. The summed E-state index contributed by atoms with van der Waals surface area (Å²) in [6.07, 6.45) is -4.89. The molecule has 0 aromatic heterocycles. The number of nitrogens with one attached hydrogen (secondary N) is 2. The van der Waals surface area contributed by atoms with Crippen LogP contribution in [0, 0.1) is 0 Å². The van der Waals surface area contributed by atoms with Crippen molar-refractivity contribution in [3.63, 3.8) is 0 Å². The molecule has 0 spiro atoms. The first-order valence-corrected chi connectivity index (χ1v) is 13.7. The highest BCUT2D eigenvalue weighted by Gasteiger charge is 2.50. The Hall–Kier alpha value is -4.78. The van der Waals surface area contributed by atoms with Gasteiger partial charge in [0, 0.05) is 36.5 Å². The van der Waals surface area contributed by atoms with Gasteiger partial charge in [-0.05, 0) is 65.5 Å². The van der Waals surface area contributed by atoms with Gasteiger partial charge in [-0.2, -0.15) is 0 Å². The Kier molecular flexibility index (Phi) is 10.7. The Bertz CT molecular complexity index is 1490. The third-order valence-electron chi connectivity index (χ3n) is 6.86. The zero-order chi connectivity index (χ0) is 31.6. The minimum atomic E-state index is -4.79. The lowest BCUT2D eigenvalue weighted by molar-refractivity contribution is -0.274. The van der Waals surface area contributed by atoms with E-state index in [1.165, 1.54) is 24.3 Å². The second-order valence-electron chi connectivity index (χ2n) is 9.89. The summed E-state index contributed by atoms with van der Waals surface area (Å²) in [6, 6.07) is 19.5. The molecule has 14 heteroatoms. The quantitative estimate of drug-likeness (QED) is 0.0756. The average molecular weight is 613 g/mol. The van der Waals surface area contributed by atoms with Crippen LogP contribution in [0.5, 0.6) is 11.5 Å². The van der Waals surface area contributed by atoms with Crippen LogP contribution in [0.4, 0.5) is 13.2 Å². The molecule has 0 radical (unpaired) electrons. The van der Waals surface area contributed by atoms with Crippen LogP contribution in [-0.4, -0.2) is 48.1 Å². The molecule has 3 aromatic carbocycles. The molecule has 11 nitrogen and oxygen atoms in total. The minimum Gasteiger partial charge on any atom is -0.494 e. The molecule has 3 N–H and O–H groups in total. The fourth-order valence-electron chi connectivity index (χ4n) is 4.57. The molecule has 0 bridgehead atoms. The average Bonchev–Trinajstić information content (AvgIpc) is 3.34. The zero-order valence-electron chi connectivity index (χ0n) is 23.8. The van der Waals surface area contributed by atoms with Gasteiger partial charge in [0.05, 0.1) is 13.2 Å². The molecule has 0 saturated carbocycles. The van der Waals surface area contributed by atoms with Crippen LogP contribution in [0.2, 0.25) is 0 Å². The molecule has 2 atom stereocenters. The van der Waals surface area contributed by atoms with Gasteiger partial charge in [-0.25, -0.2) is 10.4 Å². The summed E-state index contributed by atoms with van der Waals surface area (Å²) in [5, 5.41) is 12.6. The lowest BCUT2D eigenvalue weighted by Crippen LogP contribution is -2.55. The molecule has 0 saturated heterocycles. The number of aliphatic imine (C=N–C) groups is 1. The van der Waals surface area contributed by atoms with Gasteiger partial charge in [0.2, 0.25) is 5.90 Å². The number of aliphatic hydroxyl groups excluding tert-OH is 1. The van der Waals surface area contributed by atoms with E-state index >= 15 is 0 Å². The first-order valence-electron chi connectivity index (χ1n) is 13.7. The molecule has 1 heterocycles. The monoisotopic (exact) mass is 612 g/mol. The number of nitrogens with zero attached hydrogens (tertiary/aromatic N) is 4. The Balaban J connectivity index is 1.56. The first kappa shape index (κ1) is 32.1. The smallest absolute Gasteiger partial charge is 0.494 e. The number of amides is 1. The predicted octanol–water partition coefficient (Wildman–Crippen LogP) is 5.12. The van der Waals surface area contributed by atoms with E-state index in [0.717, 1.165) is 11.1 Å². The van der Waals surface area contributed by atoms with Crippen LogP contribution in [0.15, 0.2) is 82.9 Å². The van der Waals surface area contributed by atoms with Crippen molar-refractivity contribution in [2.75, 3.05) is 13.2 Å². The third kappa shape index (κ3) is 8.40. The third-order valence-corrected chi connectivity index (χ3v) is 6.86. The van der Waals surface area contributed by atoms with E-state index in [-0.39, 0.29) is 37.8 Å². The van der Waals surface area contributed by atoms with E-state index in [2.05, 4.69) is 25.6 Å². The molecule has 1 amide bonds. The van der Waals surface area contributed by atoms with Crippen LogP contribution < -0.4 is 20.3 Å². The van der Waals surface area contributed by atoms with Crippen molar-refractivity contribution in [1.82, 2.24) is 10.9 Å². The van der Waals surface area contributed by atoms with E-state index in [1.54, 1.807) is 43.3 Å². The Morgan fingerprint density at radius 2 is 1.77 bits per heavy atom. The van der Waals surface area contributed by atoms with Crippen molar-refractivity contribution >= 4 is 11.8 Å². The van der Waals surface area contributed by atoms with Crippen molar-refractivity contribution < 1.29 is 37.3 Å². The van der Waals surface area contributed by atoms with Gasteiger partial charge < -0.3 is 19.3 Å². The first-order chi connectivity index (χ1) is 21.1. The number of hydrogen-bond donors (Lipinski definition) is 3. The zero-order valence-corrected chi connectivity index (χ0v) is 23.8. The van der Waals surface area contributed by atoms with E-state index in [4.69, 9.17) is 25.1 Å². The molecular weight excluding hydrogens is 581 g/mol. The van der Waals surface area contributed by atoms with Crippen molar-refractivity contribution in [3.05, 3.63) is 105 Å². The number of ether oxygens (including phenoxy) is 3. The summed E-state index contributed by atoms with van der Waals surface area (Å²) in [7, 11) is 0.